The molecular formula is C16H30N2O4. The maximum Gasteiger partial charge on any atom is 0.0587 e. The minimum absolute atomic E-state index is 0.140. The standard InChI is InChI=1S/C16H30N2O4/c1-20-11-6-17-14-12-15(2-7-21-8-3-15)18(19)16(13-14)4-9-22-10-5-16/h14,17,19H,2-13H2,1H3. The van der Waals surface area contributed by atoms with E-state index in [2.05, 4.69) is 5.32 Å². The van der Waals surface area contributed by atoms with Crippen LogP contribution in [0.2, 0.25) is 0 Å². The van der Waals surface area contributed by atoms with E-state index in [1.165, 1.54) is 0 Å². The Morgan fingerprint density at radius 1 is 1.05 bits per heavy atom. The van der Waals surface area contributed by atoms with E-state index in [-0.39, 0.29) is 11.1 Å². The minimum Gasteiger partial charge on any atom is -0.383 e. The van der Waals surface area contributed by atoms with Crippen LogP contribution in [0.25, 0.3) is 0 Å². The van der Waals surface area contributed by atoms with E-state index in [4.69, 9.17) is 14.2 Å². The molecule has 3 heterocycles. The van der Waals surface area contributed by atoms with Crippen molar-refractivity contribution in [3.05, 3.63) is 0 Å². The van der Waals surface area contributed by atoms with E-state index >= 15 is 0 Å². The molecule has 128 valence electrons. The van der Waals surface area contributed by atoms with Crippen LogP contribution in [0.4, 0.5) is 0 Å². The maximum absolute atomic E-state index is 11.1. The van der Waals surface area contributed by atoms with Gasteiger partial charge in [0, 0.05) is 46.1 Å². The van der Waals surface area contributed by atoms with E-state index in [1.54, 1.807) is 12.2 Å². The van der Waals surface area contributed by atoms with Crippen LogP contribution in [-0.4, -0.2) is 74.1 Å². The lowest BCUT2D eigenvalue weighted by atomic mass is 9.69. The highest BCUT2D eigenvalue weighted by Crippen LogP contribution is 2.46. The number of rotatable bonds is 4. The van der Waals surface area contributed by atoms with Crippen LogP contribution in [0, 0.1) is 0 Å². The summed E-state index contributed by atoms with van der Waals surface area (Å²) < 4.78 is 16.3. The van der Waals surface area contributed by atoms with Crippen LogP contribution in [0.15, 0.2) is 0 Å². The third-order valence-corrected chi connectivity index (χ3v) is 5.74. The molecule has 0 atom stereocenters. The van der Waals surface area contributed by atoms with Gasteiger partial charge in [0.2, 0.25) is 0 Å². The largest absolute Gasteiger partial charge is 0.383 e. The third kappa shape index (κ3) is 3.18. The van der Waals surface area contributed by atoms with Crippen LogP contribution in [0.1, 0.15) is 38.5 Å². The smallest absolute Gasteiger partial charge is 0.0587 e. The first-order valence-corrected chi connectivity index (χ1v) is 8.58. The van der Waals surface area contributed by atoms with E-state index in [0.717, 1.165) is 78.1 Å². The van der Waals surface area contributed by atoms with Gasteiger partial charge in [-0.2, -0.15) is 5.06 Å². The van der Waals surface area contributed by atoms with Crippen LogP contribution in [0.3, 0.4) is 0 Å². The molecule has 0 aliphatic carbocycles. The predicted molar refractivity (Wildman–Crippen MR) is 82.1 cm³/mol. The molecular weight excluding hydrogens is 284 g/mol. The summed E-state index contributed by atoms with van der Waals surface area (Å²) in [4.78, 5) is 0. The Balaban J connectivity index is 1.77. The summed E-state index contributed by atoms with van der Waals surface area (Å²) >= 11 is 0. The maximum atomic E-state index is 11.1. The quantitative estimate of drug-likeness (QED) is 0.760. The van der Waals surface area contributed by atoms with Crippen LogP contribution in [-0.2, 0) is 14.2 Å². The van der Waals surface area contributed by atoms with Crippen molar-refractivity contribution >= 4 is 0 Å². The highest BCUT2D eigenvalue weighted by molar-refractivity contribution is 5.07. The molecule has 2 spiro atoms. The van der Waals surface area contributed by atoms with Gasteiger partial charge in [0.15, 0.2) is 0 Å². The van der Waals surface area contributed by atoms with Gasteiger partial charge in [0.05, 0.1) is 17.7 Å². The topological polar surface area (TPSA) is 63.2 Å². The Morgan fingerprint density at radius 2 is 1.55 bits per heavy atom. The number of methoxy groups -OCH3 is 1. The molecule has 3 fully saturated rings. The molecule has 0 amide bonds. The number of hydrogen-bond acceptors (Lipinski definition) is 6. The molecule has 3 aliphatic heterocycles. The van der Waals surface area contributed by atoms with Gasteiger partial charge in [0.1, 0.15) is 0 Å². The first kappa shape index (κ1) is 16.6. The third-order valence-electron chi connectivity index (χ3n) is 5.74. The van der Waals surface area contributed by atoms with Crippen molar-refractivity contribution in [2.75, 3.05) is 46.7 Å². The molecule has 6 heteroatoms. The molecule has 3 saturated heterocycles. The summed E-state index contributed by atoms with van der Waals surface area (Å²) in [5, 5.41) is 16.5. The Labute approximate surface area is 133 Å². The van der Waals surface area contributed by atoms with Crippen molar-refractivity contribution in [1.29, 1.82) is 0 Å². The number of ether oxygens (including phenoxy) is 3. The zero-order chi connectivity index (χ0) is 15.5. The molecule has 0 unspecified atom stereocenters. The lowest BCUT2D eigenvalue weighted by molar-refractivity contribution is -0.295. The van der Waals surface area contributed by atoms with Gasteiger partial charge in [-0.1, -0.05) is 0 Å². The second-order valence-corrected chi connectivity index (χ2v) is 7.04. The van der Waals surface area contributed by atoms with Crippen molar-refractivity contribution in [1.82, 2.24) is 10.4 Å². The first-order valence-electron chi connectivity index (χ1n) is 8.58. The number of nitrogens with one attached hydrogen (secondary N) is 1. The molecule has 2 N–H and O–H groups in total. The van der Waals surface area contributed by atoms with E-state index < -0.39 is 0 Å². The second-order valence-electron chi connectivity index (χ2n) is 7.04. The molecule has 0 aromatic heterocycles. The van der Waals surface area contributed by atoms with Crippen molar-refractivity contribution in [3.8, 4) is 0 Å². The van der Waals surface area contributed by atoms with Crippen LogP contribution >= 0.6 is 0 Å². The lowest BCUT2D eigenvalue weighted by Gasteiger charge is -2.59. The summed E-state index contributed by atoms with van der Waals surface area (Å²) in [7, 11) is 1.73. The predicted octanol–water partition coefficient (Wildman–Crippen LogP) is 1.17. The fourth-order valence-electron chi connectivity index (χ4n) is 4.51. The molecule has 3 rings (SSSR count). The van der Waals surface area contributed by atoms with Gasteiger partial charge < -0.3 is 24.7 Å². The van der Waals surface area contributed by atoms with E-state index in [0.29, 0.717) is 6.04 Å². The molecule has 0 saturated carbocycles. The number of piperidine rings is 1. The Morgan fingerprint density at radius 3 is 2.00 bits per heavy atom. The average Bonchev–Trinajstić information content (AvgIpc) is 2.55. The average molecular weight is 314 g/mol. The van der Waals surface area contributed by atoms with Crippen LogP contribution in [0.5, 0.6) is 0 Å². The summed E-state index contributed by atoms with van der Waals surface area (Å²) in [5.41, 5.74) is -0.281. The van der Waals surface area contributed by atoms with Gasteiger partial charge in [-0.25, -0.2) is 0 Å². The lowest BCUT2D eigenvalue weighted by Crippen LogP contribution is -2.69. The summed E-state index contributed by atoms with van der Waals surface area (Å²) in [5.74, 6) is 0. The van der Waals surface area contributed by atoms with Gasteiger partial charge in [-0.3, -0.25) is 0 Å². The van der Waals surface area contributed by atoms with E-state index in [1.807, 2.05) is 0 Å². The Hall–Kier alpha value is -0.240. The highest BCUT2D eigenvalue weighted by Gasteiger charge is 2.54. The van der Waals surface area contributed by atoms with Gasteiger partial charge in [-0.05, 0) is 38.5 Å². The fraction of sp³-hybridized carbons (Fsp3) is 1.00. The molecule has 0 radical (unpaired) electrons. The zero-order valence-corrected chi connectivity index (χ0v) is 13.7. The molecule has 22 heavy (non-hydrogen) atoms. The van der Waals surface area contributed by atoms with Crippen molar-refractivity contribution < 1.29 is 19.4 Å². The molecule has 3 aliphatic rings. The summed E-state index contributed by atoms with van der Waals surface area (Å²) in [6.45, 7) is 4.57. The normalized spacial score (nSPS) is 31.6. The fourth-order valence-corrected chi connectivity index (χ4v) is 4.51. The highest BCUT2D eigenvalue weighted by atomic mass is 16.5. The van der Waals surface area contributed by atoms with Crippen molar-refractivity contribution in [2.45, 2.75) is 55.6 Å². The zero-order valence-electron chi connectivity index (χ0n) is 13.7. The second kappa shape index (κ2) is 7.11. The monoisotopic (exact) mass is 314 g/mol. The van der Waals surface area contributed by atoms with Gasteiger partial charge in [0.25, 0.3) is 0 Å². The Bertz CT molecular complexity index is 326. The molecule has 6 nitrogen and oxygen atoms in total. The Kier molecular flexibility index (Phi) is 5.37. The summed E-state index contributed by atoms with van der Waals surface area (Å²) in [6.07, 6.45) is 5.62. The molecule has 0 aromatic carbocycles. The van der Waals surface area contributed by atoms with Gasteiger partial charge >= 0.3 is 0 Å². The van der Waals surface area contributed by atoms with Crippen molar-refractivity contribution in [3.63, 3.8) is 0 Å². The number of hydrogen-bond donors (Lipinski definition) is 2. The molecule has 0 bridgehead atoms. The number of hydroxylamine groups is 2. The van der Waals surface area contributed by atoms with E-state index in [9.17, 15) is 5.21 Å². The summed E-state index contributed by atoms with van der Waals surface area (Å²) in [6, 6.07) is 0.426. The number of nitrogens with zero attached hydrogens (tertiary/aromatic N) is 1. The van der Waals surface area contributed by atoms with Crippen molar-refractivity contribution in [2.24, 2.45) is 0 Å². The van der Waals surface area contributed by atoms with Crippen LogP contribution < -0.4 is 5.32 Å². The minimum atomic E-state index is -0.140. The van der Waals surface area contributed by atoms with Gasteiger partial charge in [-0.15, -0.1) is 0 Å². The SMILES string of the molecule is COCCNC1CC2(CCOCC2)N(O)C2(CCOCC2)C1. The molecule has 0 aromatic rings. The first-order chi connectivity index (χ1) is 10.7.